The zero-order chi connectivity index (χ0) is 22.0. The summed E-state index contributed by atoms with van der Waals surface area (Å²) in [6.45, 7) is 11.3. The molecular weight excluding hydrogens is 410 g/mol. The molecule has 1 heterocycles. The van der Waals surface area contributed by atoms with Crippen molar-refractivity contribution < 1.29 is 28.4 Å². The van der Waals surface area contributed by atoms with E-state index in [1.54, 1.807) is 23.9 Å². The van der Waals surface area contributed by atoms with Gasteiger partial charge in [-0.15, -0.1) is 23.5 Å². The van der Waals surface area contributed by atoms with Crippen LogP contribution in [0.5, 0.6) is 0 Å². The molecule has 1 aromatic heterocycles. The molecule has 6 nitrogen and oxygen atoms in total. The monoisotopic (exact) mass is 440 g/mol. The first-order chi connectivity index (χ1) is 13.6. The van der Waals surface area contributed by atoms with E-state index in [1.165, 1.54) is 23.5 Å². The molecule has 160 valence electrons. The molecule has 0 unspecified atom stereocenters. The van der Waals surface area contributed by atoms with Crippen LogP contribution in [0.4, 0.5) is 0 Å². The molecule has 0 radical (unpaired) electrons. The number of nitrogens with zero attached hydrogens (tertiary/aromatic N) is 1. The number of ether oxygens (including phenoxy) is 2. The largest absolute Gasteiger partial charge is 0.466 e. The lowest BCUT2D eigenvalue weighted by molar-refractivity contribution is -0.577. The van der Waals surface area contributed by atoms with Gasteiger partial charge in [-0.1, -0.05) is 6.92 Å². The van der Waals surface area contributed by atoms with Gasteiger partial charge in [-0.25, -0.2) is 0 Å². The van der Waals surface area contributed by atoms with Gasteiger partial charge in [0.05, 0.1) is 12.4 Å². The minimum atomic E-state index is -0.576. The maximum Gasteiger partial charge on any atom is 0.316 e. The van der Waals surface area contributed by atoms with Crippen LogP contribution < -0.4 is 4.57 Å². The van der Waals surface area contributed by atoms with Crippen molar-refractivity contribution in [2.75, 3.05) is 18.1 Å². The van der Waals surface area contributed by atoms with E-state index in [4.69, 9.17) is 9.47 Å². The summed E-state index contributed by atoms with van der Waals surface area (Å²) in [4.78, 5) is 37.0. The van der Waals surface area contributed by atoms with Gasteiger partial charge in [0.2, 0.25) is 5.78 Å². The predicted octanol–water partition coefficient (Wildman–Crippen LogP) is 3.76. The number of aromatic nitrogens is 1. The van der Waals surface area contributed by atoms with E-state index in [2.05, 4.69) is 0 Å². The van der Waals surface area contributed by atoms with E-state index in [1.807, 2.05) is 46.8 Å². The molecule has 1 rings (SSSR count). The summed E-state index contributed by atoms with van der Waals surface area (Å²) < 4.78 is 12.7. The number of thioether (sulfide) groups is 2. The number of aryl methyl sites for hydroxylation is 1. The third-order valence-electron chi connectivity index (χ3n) is 3.34. The van der Waals surface area contributed by atoms with Crippen molar-refractivity contribution in [1.82, 2.24) is 0 Å². The van der Waals surface area contributed by atoms with E-state index < -0.39 is 11.6 Å². The third-order valence-corrected chi connectivity index (χ3v) is 5.63. The molecule has 1 aromatic rings. The van der Waals surface area contributed by atoms with Crippen molar-refractivity contribution in [3.63, 3.8) is 0 Å². The minimum Gasteiger partial charge on any atom is -0.466 e. The number of pyridine rings is 1. The summed E-state index contributed by atoms with van der Waals surface area (Å²) in [7, 11) is 0. The lowest BCUT2D eigenvalue weighted by Gasteiger charge is -2.19. The molecule has 0 N–H and O–H groups in total. The molecule has 0 bridgehead atoms. The highest BCUT2D eigenvalue weighted by Gasteiger charge is 2.29. The molecule has 0 aliphatic carbocycles. The van der Waals surface area contributed by atoms with E-state index >= 15 is 0 Å². The van der Waals surface area contributed by atoms with Gasteiger partial charge in [0, 0.05) is 12.1 Å². The van der Waals surface area contributed by atoms with Gasteiger partial charge in [-0.2, -0.15) is 4.57 Å². The topological polar surface area (TPSA) is 73.5 Å². The van der Waals surface area contributed by atoms with Crippen LogP contribution in [-0.4, -0.2) is 41.4 Å². The number of Topliss-reactive ketones (excluding diaryl/α,β-unsaturated/α-hetero) is 1. The number of hydrogen-bond donors (Lipinski definition) is 0. The molecule has 0 aromatic carbocycles. The maximum atomic E-state index is 13.0. The Morgan fingerprint density at radius 1 is 1.03 bits per heavy atom. The SMILES string of the molecule is CCOC(=O)CC(=O)/C(=C(\SCC)SCC(=O)OC(C)(C)C)[n+]1ccc(C)cc1. The molecule has 0 amide bonds. The van der Waals surface area contributed by atoms with Crippen LogP contribution in [0.2, 0.25) is 0 Å². The molecule has 0 saturated carbocycles. The Kier molecular flexibility index (Phi) is 10.5. The fourth-order valence-corrected chi connectivity index (χ4v) is 4.39. The van der Waals surface area contributed by atoms with Crippen molar-refractivity contribution in [3.05, 3.63) is 34.3 Å². The first kappa shape index (κ1) is 25.2. The number of hydrogen-bond acceptors (Lipinski definition) is 7. The van der Waals surface area contributed by atoms with Gasteiger partial charge in [-0.05, 0) is 45.9 Å². The summed E-state index contributed by atoms with van der Waals surface area (Å²) in [6.07, 6.45) is 3.20. The minimum absolute atomic E-state index is 0.0716. The van der Waals surface area contributed by atoms with Crippen LogP contribution in [0.25, 0.3) is 5.70 Å². The smallest absolute Gasteiger partial charge is 0.316 e. The molecule has 0 fully saturated rings. The number of carbonyl (C=O) groups excluding carboxylic acids is 3. The average Bonchev–Trinajstić information content (AvgIpc) is 2.60. The number of rotatable bonds is 10. The molecule has 0 aliphatic rings. The Labute approximate surface area is 181 Å². The van der Waals surface area contributed by atoms with Gasteiger partial charge in [0.1, 0.15) is 16.3 Å². The van der Waals surface area contributed by atoms with Crippen LogP contribution in [0.3, 0.4) is 0 Å². The van der Waals surface area contributed by atoms with Gasteiger partial charge in [0.25, 0.3) is 5.70 Å². The quantitative estimate of drug-likeness (QED) is 0.237. The molecule has 0 atom stereocenters. The Balaban J connectivity index is 3.24. The van der Waals surface area contributed by atoms with Crippen LogP contribution in [0.1, 0.15) is 46.6 Å². The fourth-order valence-electron chi connectivity index (χ4n) is 2.25. The Hall–Kier alpha value is -1.80. The first-order valence-electron chi connectivity index (χ1n) is 9.46. The van der Waals surface area contributed by atoms with Gasteiger partial charge in [-0.3, -0.25) is 14.4 Å². The fraction of sp³-hybridized carbons (Fsp3) is 0.524. The van der Waals surface area contributed by atoms with Crippen molar-refractivity contribution in [2.24, 2.45) is 0 Å². The highest BCUT2D eigenvalue weighted by molar-refractivity contribution is 8.22. The van der Waals surface area contributed by atoms with Gasteiger partial charge >= 0.3 is 11.9 Å². The zero-order valence-electron chi connectivity index (χ0n) is 17.9. The zero-order valence-corrected chi connectivity index (χ0v) is 19.6. The van der Waals surface area contributed by atoms with E-state index in [-0.39, 0.29) is 30.5 Å². The van der Waals surface area contributed by atoms with Crippen molar-refractivity contribution in [1.29, 1.82) is 0 Å². The van der Waals surface area contributed by atoms with Crippen LogP contribution in [-0.2, 0) is 23.9 Å². The lowest BCUT2D eigenvalue weighted by Crippen LogP contribution is -2.37. The predicted molar refractivity (Wildman–Crippen MR) is 117 cm³/mol. The van der Waals surface area contributed by atoms with Crippen molar-refractivity contribution in [3.8, 4) is 0 Å². The molecule has 29 heavy (non-hydrogen) atoms. The summed E-state index contributed by atoms with van der Waals surface area (Å²) in [5.74, 6) is -0.505. The highest BCUT2D eigenvalue weighted by atomic mass is 32.2. The Morgan fingerprint density at radius 2 is 1.66 bits per heavy atom. The van der Waals surface area contributed by atoms with Crippen LogP contribution in [0, 0.1) is 6.92 Å². The van der Waals surface area contributed by atoms with Gasteiger partial charge < -0.3 is 9.47 Å². The lowest BCUT2D eigenvalue weighted by atomic mass is 10.2. The third kappa shape index (κ3) is 9.49. The van der Waals surface area contributed by atoms with Crippen LogP contribution >= 0.6 is 23.5 Å². The summed E-state index contributed by atoms with van der Waals surface area (Å²) >= 11 is 2.70. The van der Waals surface area contributed by atoms with E-state index in [0.717, 1.165) is 5.56 Å². The highest BCUT2D eigenvalue weighted by Crippen LogP contribution is 2.33. The normalized spacial score (nSPS) is 12.2. The second-order valence-electron chi connectivity index (χ2n) is 7.13. The Bertz CT molecular complexity index is 751. The molecule has 0 saturated heterocycles. The molecule has 0 aliphatic heterocycles. The second kappa shape index (κ2) is 12.0. The summed E-state index contributed by atoms with van der Waals surface area (Å²) in [5, 5.41) is 0. The number of allylic oxidation sites excluding steroid dienone is 1. The second-order valence-corrected chi connectivity index (χ2v) is 9.65. The summed E-state index contributed by atoms with van der Waals surface area (Å²) in [5.41, 5.74) is 0.830. The molecule has 8 heteroatoms. The average molecular weight is 441 g/mol. The first-order valence-corrected chi connectivity index (χ1v) is 11.4. The van der Waals surface area contributed by atoms with E-state index in [0.29, 0.717) is 15.7 Å². The number of ketones is 1. The van der Waals surface area contributed by atoms with Gasteiger partial charge in [0.15, 0.2) is 12.4 Å². The maximum absolute atomic E-state index is 13.0. The van der Waals surface area contributed by atoms with Crippen LogP contribution in [0.15, 0.2) is 28.8 Å². The molecular formula is C21H30NO5S2+. The summed E-state index contributed by atoms with van der Waals surface area (Å²) in [6, 6.07) is 3.76. The molecule has 0 spiro atoms. The Morgan fingerprint density at radius 3 is 2.17 bits per heavy atom. The number of carbonyl (C=O) groups is 3. The number of esters is 2. The standard InChI is InChI=1S/C21H30NO5S2/c1-7-26-17(24)13-16(23)19(22-11-9-15(3)10-12-22)20(28-8-2)29-14-18(25)27-21(4,5)6/h9-12H,7-8,13-14H2,1-6H3/q+1/b20-19-. The van der Waals surface area contributed by atoms with E-state index in [9.17, 15) is 14.4 Å². The van der Waals surface area contributed by atoms with Crippen molar-refractivity contribution >= 4 is 46.9 Å². The van der Waals surface area contributed by atoms with Crippen molar-refractivity contribution in [2.45, 2.75) is 53.6 Å².